The Morgan fingerprint density at radius 3 is 2.72 bits per heavy atom. The number of nitrogens with one attached hydrogen (secondary N) is 1. The molecule has 1 aliphatic heterocycles. The third kappa shape index (κ3) is 3.18. The molecular weight excluding hydrogens is 336 g/mol. The van der Waals surface area contributed by atoms with Crippen molar-refractivity contribution in [3.05, 3.63) is 70.6 Å². The quantitative estimate of drug-likeness (QED) is 0.539. The van der Waals surface area contributed by atoms with Crippen LogP contribution in [0.4, 0.5) is 4.79 Å². The van der Waals surface area contributed by atoms with Gasteiger partial charge >= 0.3 is 0 Å². The Kier molecular flexibility index (Phi) is 3.84. The monoisotopic (exact) mass is 346 g/mol. The number of benzene rings is 1. The van der Waals surface area contributed by atoms with Gasteiger partial charge in [0.25, 0.3) is 11.1 Å². The molecule has 1 saturated heterocycles. The van der Waals surface area contributed by atoms with Crippen molar-refractivity contribution in [2.75, 3.05) is 0 Å². The first-order valence-electron chi connectivity index (χ1n) is 7.38. The summed E-state index contributed by atoms with van der Waals surface area (Å²) in [5, 5.41) is 2.60. The van der Waals surface area contributed by atoms with Crippen LogP contribution >= 0.6 is 11.8 Å². The average Bonchev–Trinajstić information content (AvgIpc) is 3.16. The molecule has 3 heterocycles. The minimum atomic E-state index is -0.419. The molecule has 25 heavy (non-hydrogen) atoms. The Balaban J connectivity index is 1.72. The van der Waals surface area contributed by atoms with Crippen LogP contribution in [0.25, 0.3) is 17.0 Å². The molecule has 0 saturated carbocycles. The van der Waals surface area contributed by atoms with E-state index in [-0.39, 0.29) is 5.24 Å². The largest absolute Gasteiger partial charge is 0.455 e. The number of pyridine rings is 1. The first-order valence-corrected chi connectivity index (χ1v) is 8.20. The number of carbonyl (C=O) groups excluding carboxylic acids is 2. The highest BCUT2D eigenvalue weighted by atomic mass is 32.2. The molecule has 0 atom stereocenters. The van der Waals surface area contributed by atoms with E-state index in [0.29, 0.717) is 21.8 Å². The zero-order chi connectivity index (χ0) is 17.2. The maximum absolute atomic E-state index is 11.6. The van der Waals surface area contributed by atoms with Crippen molar-refractivity contribution < 1.29 is 14.0 Å². The van der Waals surface area contributed by atoms with Crippen LogP contribution in [0.5, 0.6) is 0 Å². The van der Waals surface area contributed by atoms with Crippen LogP contribution in [0, 0.1) is 11.8 Å². The lowest BCUT2D eigenvalue weighted by Gasteiger charge is -1.92. The summed E-state index contributed by atoms with van der Waals surface area (Å²) < 4.78 is 5.81. The first-order chi connectivity index (χ1) is 12.2. The van der Waals surface area contributed by atoms with Gasteiger partial charge in [0.2, 0.25) is 0 Å². The highest BCUT2D eigenvalue weighted by Crippen LogP contribution is 2.28. The van der Waals surface area contributed by atoms with Gasteiger partial charge in [0.05, 0.1) is 10.5 Å². The molecule has 0 bridgehead atoms. The molecule has 0 aliphatic carbocycles. The lowest BCUT2D eigenvalue weighted by molar-refractivity contribution is -0.115. The van der Waals surface area contributed by atoms with Crippen molar-refractivity contribution >= 4 is 40.0 Å². The van der Waals surface area contributed by atoms with Crippen molar-refractivity contribution in [1.29, 1.82) is 0 Å². The molecule has 0 spiro atoms. The van der Waals surface area contributed by atoms with E-state index in [1.165, 1.54) is 0 Å². The second-order valence-electron chi connectivity index (χ2n) is 5.22. The topological polar surface area (TPSA) is 72.2 Å². The summed E-state index contributed by atoms with van der Waals surface area (Å²) in [6, 6.07) is 11.4. The van der Waals surface area contributed by atoms with E-state index in [1.54, 1.807) is 24.5 Å². The van der Waals surface area contributed by atoms with Gasteiger partial charge in [-0.2, -0.15) is 0 Å². The number of thioether (sulfide) groups is 1. The predicted octanol–water partition coefficient (Wildman–Crippen LogP) is 3.55. The van der Waals surface area contributed by atoms with Crippen molar-refractivity contribution in [2.45, 2.75) is 0 Å². The van der Waals surface area contributed by atoms with Crippen LogP contribution in [0.1, 0.15) is 16.9 Å². The van der Waals surface area contributed by atoms with Crippen LogP contribution in [0.3, 0.4) is 0 Å². The van der Waals surface area contributed by atoms with Crippen LogP contribution in [-0.4, -0.2) is 16.1 Å². The second kappa shape index (κ2) is 6.30. The van der Waals surface area contributed by atoms with Crippen molar-refractivity contribution in [2.24, 2.45) is 0 Å². The normalized spacial score (nSPS) is 15.3. The Morgan fingerprint density at radius 2 is 1.96 bits per heavy atom. The van der Waals surface area contributed by atoms with Crippen molar-refractivity contribution in [1.82, 2.24) is 10.3 Å². The van der Waals surface area contributed by atoms with Gasteiger partial charge in [-0.1, -0.05) is 30.0 Å². The average molecular weight is 346 g/mol. The number of amides is 2. The van der Waals surface area contributed by atoms with Crippen LogP contribution < -0.4 is 5.32 Å². The fourth-order valence-electron chi connectivity index (χ4n) is 2.35. The number of nitrogens with zero attached hydrogens (tertiary/aromatic N) is 1. The molecule has 1 N–H and O–H groups in total. The van der Waals surface area contributed by atoms with Crippen LogP contribution in [-0.2, 0) is 4.79 Å². The molecule has 1 aromatic carbocycles. The summed E-state index contributed by atoms with van der Waals surface area (Å²) in [6.45, 7) is 0. The summed E-state index contributed by atoms with van der Waals surface area (Å²) in [7, 11) is 0. The number of hydrogen-bond donors (Lipinski definition) is 1. The Bertz CT molecular complexity index is 1090. The van der Waals surface area contributed by atoms with Crippen molar-refractivity contribution in [3.63, 3.8) is 0 Å². The van der Waals surface area contributed by atoms with E-state index < -0.39 is 5.91 Å². The number of imide groups is 1. The van der Waals surface area contributed by atoms with Gasteiger partial charge in [0.1, 0.15) is 5.76 Å². The predicted molar refractivity (Wildman–Crippen MR) is 95.5 cm³/mol. The van der Waals surface area contributed by atoms with Crippen molar-refractivity contribution in [3.8, 4) is 11.8 Å². The molecule has 3 aromatic rings. The number of aromatic nitrogens is 1. The number of fused-ring (bicyclic) bond motifs is 1. The second-order valence-corrected chi connectivity index (χ2v) is 6.24. The molecular formula is C19H10N2O3S. The lowest BCUT2D eigenvalue weighted by atomic mass is 10.2. The summed E-state index contributed by atoms with van der Waals surface area (Å²) >= 11 is 0.848. The van der Waals surface area contributed by atoms with Gasteiger partial charge in [-0.15, -0.1) is 0 Å². The third-order valence-electron chi connectivity index (χ3n) is 3.47. The van der Waals surface area contributed by atoms with E-state index in [4.69, 9.17) is 4.42 Å². The highest BCUT2D eigenvalue weighted by Gasteiger charge is 2.25. The minimum absolute atomic E-state index is 0.300. The molecule has 120 valence electrons. The third-order valence-corrected chi connectivity index (χ3v) is 4.28. The minimum Gasteiger partial charge on any atom is -0.455 e. The molecule has 1 fully saturated rings. The molecule has 6 heteroatoms. The molecule has 1 aliphatic rings. The van der Waals surface area contributed by atoms with Gasteiger partial charge in [-0.05, 0) is 30.0 Å². The zero-order valence-electron chi connectivity index (χ0n) is 12.8. The van der Waals surface area contributed by atoms with E-state index >= 15 is 0 Å². The van der Waals surface area contributed by atoms with Crippen LogP contribution in [0.15, 0.2) is 58.1 Å². The Morgan fingerprint density at radius 1 is 1.12 bits per heavy atom. The standard InChI is InChI=1S/C19H10N2O3S/c22-18-16(25-19(23)21-18)9-15-8-14-11-20-10-13(17(14)24-15)7-6-12-4-2-1-3-5-12/h1-5,8-11H,(H,21,22,23)/b16-9-. The number of rotatable bonds is 1. The maximum atomic E-state index is 11.6. The Labute approximate surface area is 147 Å². The van der Waals surface area contributed by atoms with Crippen LogP contribution in [0.2, 0.25) is 0 Å². The SMILES string of the molecule is O=C1NC(=O)/C(=C/c2cc3cncc(C#Cc4ccccc4)c3o2)S1. The van der Waals surface area contributed by atoms with E-state index in [0.717, 1.165) is 22.7 Å². The van der Waals surface area contributed by atoms with Gasteiger partial charge in [0.15, 0.2) is 5.58 Å². The van der Waals surface area contributed by atoms with E-state index in [1.807, 2.05) is 30.3 Å². The fourth-order valence-corrected chi connectivity index (χ4v) is 3.02. The number of furan rings is 1. The summed E-state index contributed by atoms with van der Waals surface area (Å²) in [6.07, 6.45) is 4.85. The lowest BCUT2D eigenvalue weighted by Crippen LogP contribution is -2.17. The fraction of sp³-hybridized carbons (Fsp3) is 0. The highest BCUT2D eigenvalue weighted by molar-refractivity contribution is 8.18. The zero-order valence-corrected chi connectivity index (χ0v) is 13.6. The number of carbonyl (C=O) groups is 2. The molecule has 2 amide bonds. The molecule has 0 unspecified atom stereocenters. The Hall–Kier alpha value is -3.30. The first kappa shape index (κ1) is 15.2. The number of hydrogen-bond acceptors (Lipinski definition) is 5. The smallest absolute Gasteiger partial charge is 0.290 e. The summed E-state index contributed by atoms with van der Waals surface area (Å²) in [5.74, 6) is 6.18. The molecule has 4 rings (SSSR count). The van der Waals surface area contributed by atoms with E-state index in [2.05, 4.69) is 22.1 Å². The molecule has 2 aromatic heterocycles. The van der Waals surface area contributed by atoms with E-state index in [9.17, 15) is 9.59 Å². The van der Waals surface area contributed by atoms with Gasteiger partial charge < -0.3 is 4.42 Å². The van der Waals surface area contributed by atoms with Gasteiger partial charge in [-0.3, -0.25) is 19.9 Å². The molecule has 0 radical (unpaired) electrons. The van der Waals surface area contributed by atoms with Gasteiger partial charge in [-0.25, -0.2) is 0 Å². The molecule has 5 nitrogen and oxygen atoms in total. The summed E-state index contributed by atoms with van der Waals surface area (Å²) in [5.41, 5.74) is 2.15. The maximum Gasteiger partial charge on any atom is 0.290 e. The van der Waals surface area contributed by atoms with Gasteiger partial charge in [0, 0.05) is 29.4 Å². The summed E-state index contributed by atoms with van der Waals surface area (Å²) in [4.78, 5) is 27.3.